The molecule has 0 aliphatic carbocycles. The summed E-state index contributed by atoms with van der Waals surface area (Å²) in [5.74, 6) is -0.501. The van der Waals surface area contributed by atoms with Gasteiger partial charge in [0.2, 0.25) is 5.88 Å². The second-order valence-corrected chi connectivity index (χ2v) is 8.74. The zero-order chi connectivity index (χ0) is 27.9. The number of alkyl halides is 3. The maximum Gasteiger partial charge on any atom is 0.418 e. The summed E-state index contributed by atoms with van der Waals surface area (Å²) in [7, 11) is 0. The van der Waals surface area contributed by atoms with Crippen molar-refractivity contribution in [2.75, 3.05) is 0 Å². The fraction of sp³-hybridized carbons (Fsp3) is 0.143. The first-order valence-electron chi connectivity index (χ1n) is 12.0. The van der Waals surface area contributed by atoms with Crippen LogP contribution >= 0.6 is 0 Å². The molecule has 5 aromatic rings. The molecule has 2 N–H and O–H groups in total. The van der Waals surface area contributed by atoms with E-state index < -0.39 is 34.8 Å². The van der Waals surface area contributed by atoms with Crippen LogP contribution in [0.1, 0.15) is 34.2 Å². The van der Waals surface area contributed by atoms with E-state index in [1.54, 1.807) is 30.3 Å². The van der Waals surface area contributed by atoms with Gasteiger partial charge in [0.25, 0.3) is 11.5 Å². The topological polar surface area (TPSA) is 102 Å². The molecule has 5 rings (SSSR count). The van der Waals surface area contributed by atoms with Crippen molar-refractivity contribution < 1.29 is 23.1 Å². The van der Waals surface area contributed by atoms with E-state index in [4.69, 9.17) is 0 Å². The van der Waals surface area contributed by atoms with Crippen LogP contribution in [0.4, 0.5) is 13.2 Å². The number of carbonyl (C=O) groups is 1. The summed E-state index contributed by atoms with van der Waals surface area (Å²) in [6, 6.07) is 15.6. The van der Waals surface area contributed by atoms with Crippen LogP contribution in [0.15, 0.2) is 76.6 Å². The zero-order valence-electron chi connectivity index (χ0n) is 20.8. The molecule has 2 heterocycles. The van der Waals surface area contributed by atoms with Gasteiger partial charge in [0, 0.05) is 22.9 Å². The van der Waals surface area contributed by atoms with Crippen LogP contribution in [0.5, 0.6) is 5.88 Å². The van der Waals surface area contributed by atoms with Crippen molar-refractivity contribution in [3.8, 4) is 11.6 Å². The van der Waals surface area contributed by atoms with Crippen LogP contribution in [0, 0.1) is 6.92 Å². The first-order chi connectivity index (χ1) is 18.6. The van der Waals surface area contributed by atoms with Gasteiger partial charge < -0.3 is 9.67 Å². The number of rotatable bonds is 5. The highest BCUT2D eigenvalue weighted by atomic mass is 19.4. The van der Waals surface area contributed by atoms with Crippen molar-refractivity contribution in [2.45, 2.75) is 26.6 Å². The maximum absolute atomic E-state index is 13.7. The number of pyridine rings is 1. The van der Waals surface area contributed by atoms with Gasteiger partial charge in [-0.05, 0) is 50.2 Å². The van der Waals surface area contributed by atoms with Gasteiger partial charge in [-0.2, -0.15) is 18.3 Å². The monoisotopic (exact) mass is 533 g/mol. The number of aryl methyl sites for hydroxylation is 2. The smallest absolute Gasteiger partial charge is 0.418 e. The maximum atomic E-state index is 13.7. The summed E-state index contributed by atoms with van der Waals surface area (Å²) in [5, 5.41) is 15.3. The van der Waals surface area contributed by atoms with Crippen molar-refractivity contribution in [3.05, 3.63) is 99.6 Å². The number of imidazole rings is 1. The molecular weight excluding hydrogens is 511 g/mol. The minimum absolute atomic E-state index is 0.0461. The number of fused-ring (bicyclic) bond motifs is 2. The SMILES string of the molecule is CCn1c(C)nc2cc(C(=O)N/N=C/c3c(O)n(-c4ccccc4C(F)(F)F)c(=O)c4ccccc34)ccc21. The lowest BCUT2D eigenvalue weighted by Gasteiger charge is -2.18. The highest BCUT2D eigenvalue weighted by Gasteiger charge is 2.35. The summed E-state index contributed by atoms with van der Waals surface area (Å²) in [6.07, 6.45) is -3.68. The van der Waals surface area contributed by atoms with Gasteiger partial charge in [0.05, 0.1) is 34.1 Å². The zero-order valence-corrected chi connectivity index (χ0v) is 20.8. The third-order valence-corrected chi connectivity index (χ3v) is 6.43. The predicted molar refractivity (Wildman–Crippen MR) is 141 cm³/mol. The Balaban J connectivity index is 1.56. The Bertz CT molecular complexity index is 1840. The number of aromatic hydroxyl groups is 1. The fourth-order valence-electron chi connectivity index (χ4n) is 4.63. The Hall–Kier alpha value is -4.93. The second-order valence-electron chi connectivity index (χ2n) is 8.74. The molecule has 0 aliphatic heterocycles. The number of para-hydroxylation sites is 1. The molecule has 8 nitrogen and oxygen atoms in total. The fourth-order valence-corrected chi connectivity index (χ4v) is 4.63. The minimum Gasteiger partial charge on any atom is -0.494 e. The standard InChI is InChI=1S/C28H22F3N5O3/c1-3-35-16(2)33-22-14-17(12-13-24(22)35)25(37)34-32-15-20-18-8-4-5-9-19(18)26(38)36(27(20)39)23-11-7-6-10-21(23)28(29,30)31/h4-15,39H,3H2,1-2H3,(H,34,37)/b32-15+. The number of hydrogen-bond acceptors (Lipinski definition) is 5. The van der Waals surface area contributed by atoms with Crippen LogP contribution in [-0.2, 0) is 12.7 Å². The summed E-state index contributed by atoms with van der Waals surface area (Å²) >= 11 is 0. The largest absolute Gasteiger partial charge is 0.494 e. The van der Waals surface area contributed by atoms with E-state index >= 15 is 0 Å². The van der Waals surface area contributed by atoms with Crippen LogP contribution in [-0.4, -0.2) is 31.3 Å². The van der Waals surface area contributed by atoms with Crippen molar-refractivity contribution in [1.29, 1.82) is 0 Å². The van der Waals surface area contributed by atoms with E-state index in [-0.39, 0.29) is 16.3 Å². The van der Waals surface area contributed by atoms with Gasteiger partial charge in [-0.3, -0.25) is 9.59 Å². The molecule has 0 bridgehead atoms. The summed E-state index contributed by atoms with van der Waals surface area (Å²) in [5.41, 5.74) is 1.67. The molecule has 0 unspecified atom stereocenters. The first kappa shape index (κ1) is 25.7. The van der Waals surface area contributed by atoms with Gasteiger partial charge in [0.1, 0.15) is 5.82 Å². The molecule has 11 heteroatoms. The summed E-state index contributed by atoms with van der Waals surface area (Å²) in [4.78, 5) is 30.5. The van der Waals surface area contributed by atoms with Gasteiger partial charge in [-0.15, -0.1) is 0 Å². The number of nitrogens with one attached hydrogen (secondary N) is 1. The molecule has 0 saturated heterocycles. The van der Waals surface area contributed by atoms with Crippen molar-refractivity contribution in [3.63, 3.8) is 0 Å². The molecule has 0 radical (unpaired) electrons. The number of nitrogens with zero attached hydrogens (tertiary/aromatic N) is 4. The Morgan fingerprint density at radius 3 is 2.49 bits per heavy atom. The van der Waals surface area contributed by atoms with Crippen molar-refractivity contribution in [1.82, 2.24) is 19.5 Å². The van der Waals surface area contributed by atoms with Crippen LogP contribution < -0.4 is 11.0 Å². The molecule has 0 atom stereocenters. The number of benzene rings is 3. The van der Waals surface area contributed by atoms with Gasteiger partial charge in [-0.25, -0.2) is 15.0 Å². The normalized spacial score (nSPS) is 12.0. The quantitative estimate of drug-likeness (QED) is 0.241. The number of hydrogen-bond donors (Lipinski definition) is 2. The highest BCUT2D eigenvalue weighted by Crippen LogP contribution is 2.35. The van der Waals surface area contributed by atoms with Crippen LogP contribution in [0.25, 0.3) is 27.5 Å². The molecule has 0 fully saturated rings. The Morgan fingerprint density at radius 1 is 1.08 bits per heavy atom. The molecule has 198 valence electrons. The number of hydrazone groups is 1. The summed E-state index contributed by atoms with van der Waals surface area (Å²) in [6.45, 7) is 4.59. The number of carbonyl (C=O) groups excluding carboxylic acids is 1. The van der Waals surface area contributed by atoms with E-state index in [1.807, 2.05) is 18.4 Å². The molecule has 0 spiro atoms. The van der Waals surface area contributed by atoms with E-state index in [0.29, 0.717) is 15.6 Å². The lowest BCUT2D eigenvalue weighted by atomic mass is 10.1. The number of halogens is 3. The van der Waals surface area contributed by atoms with Crippen LogP contribution in [0.3, 0.4) is 0 Å². The van der Waals surface area contributed by atoms with Gasteiger partial charge in [-0.1, -0.05) is 30.3 Å². The lowest BCUT2D eigenvalue weighted by molar-refractivity contribution is -0.137. The average molecular weight is 534 g/mol. The summed E-state index contributed by atoms with van der Waals surface area (Å²) < 4.78 is 43.8. The van der Waals surface area contributed by atoms with Crippen LogP contribution in [0.2, 0.25) is 0 Å². The first-order valence-corrected chi connectivity index (χ1v) is 12.0. The number of amides is 1. The molecule has 2 aromatic heterocycles. The molecule has 0 aliphatic rings. The lowest BCUT2D eigenvalue weighted by Crippen LogP contribution is -2.23. The van der Waals surface area contributed by atoms with E-state index in [1.165, 1.54) is 24.3 Å². The van der Waals surface area contributed by atoms with Gasteiger partial charge in [0.15, 0.2) is 0 Å². The van der Waals surface area contributed by atoms with Crippen molar-refractivity contribution >= 4 is 33.9 Å². The Morgan fingerprint density at radius 2 is 1.77 bits per heavy atom. The molecule has 0 saturated carbocycles. The predicted octanol–water partition coefficient (Wildman–Crippen LogP) is 5.16. The highest BCUT2D eigenvalue weighted by molar-refractivity contribution is 6.03. The van der Waals surface area contributed by atoms with E-state index in [0.717, 1.165) is 36.2 Å². The molecule has 3 aromatic carbocycles. The third-order valence-electron chi connectivity index (χ3n) is 6.43. The van der Waals surface area contributed by atoms with E-state index in [2.05, 4.69) is 15.5 Å². The third kappa shape index (κ3) is 4.52. The molecule has 1 amide bonds. The molecule has 39 heavy (non-hydrogen) atoms. The Labute approximate surface area is 219 Å². The van der Waals surface area contributed by atoms with Crippen molar-refractivity contribution in [2.24, 2.45) is 5.10 Å². The number of aromatic nitrogens is 3. The Kier molecular flexibility index (Phi) is 6.43. The van der Waals surface area contributed by atoms with E-state index in [9.17, 15) is 27.9 Å². The average Bonchev–Trinajstić information content (AvgIpc) is 3.24. The molecular formula is C28H22F3N5O3. The minimum atomic E-state index is -4.77. The van der Waals surface area contributed by atoms with Gasteiger partial charge >= 0.3 is 6.18 Å². The second kappa shape index (κ2) is 9.75.